The van der Waals surface area contributed by atoms with Crippen LogP contribution in [0.1, 0.15) is 24.0 Å². The first kappa shape index (κ1) is 16.2. The molecule has 0 bridgehead atoms. The van der Waals surface area contributed by atoms with Gasteiger partial charge in [-0.15, -0.1) is 6.58 Å². The normalized spacial score (nSPS) is 10.8. The number of ether oxygens (including phenoxy) is 1. The number of aromatic nitrogens is 2. The van der Waals surface area contributed by atoms with Gasteiger partial charge < -0.3 is 4.74 Å². The second-order valence-corrected chi connectivity index (χ2v) is 5.95. The van der Waals surface area contributed by atoms with Crippen molar-refractivity contribution in [2.75, 3.05) is 6.61 Å². The van der Waals surface area contributed by atoms with Crippen molar-refractivity contribution >= 4 is 11.0 Å². The third-order valence-electron chi connectivity index (χ3n) is 4.09. The van der Waals surface area contributed by atoms with Crippen LogP contribution in [0, 0.1) is 13.8 Å². The third-order valence-corrected chi connectivity index (χ3v) is 4.09. The van der Waals surface area contributed by atoms with E-state index < -0.39 is 0 Å². The summed E-state index contributed by atoms with van der Waals surface area (Å²) in [6, 6.07) is 14.2. The summed E-state index contributed by atoms with van der Waals surface area (Å²) in [6.45, 7) is 8.54. The molecule has 2 aromatic carbocycles. The molecule has 24 heavy (non-hydrogen) atoms. The van der Waals surface area contributed by atoms with Crippen molar-refractivity contribution in [3.05, 3.63) is 66.2 Å². The van der Waals surface area contributed by atoms with E-state index in [1.54, 1.807) is 0 Å². The summed E-state index contributed by atoms with van der Waals surface area (Å²) in [4.78, 5) is 9.58. The Morgan fingerprint density at radius 3 is 2.33 bits per heavy atom. The van der Waals surface area contributed by atoms with E-state index in [1.165, 1.54) is 11.1 Å². The van der Waals surface area contributed by atoms with E-state index in [1.807, 2.05) is 36.4 Å². The lowest BCUT2D eigenvalue weighted by atomic mass is 10.1. The molecule has 0 aliphatic rings. The molecule has 0 aliphatic heterocycles. The number of aryl methyl sites for hydroxylation is 2. The zero-order valence-electron chi connectivity index (χ0n) is 14.2. The van der Waals surface area contributed by atoms with E-state index in [2.05, 4.69) is 32.6 Å². The van der Waals surface area contributed by atoms with Crippen molar-refractivity contribution < 1.29 is 4.74 Å². The highest BCUT2D eigenvalue weighted by Crippen LogP contribution is 2.29. The fourth-order valence-corrected chi connectivity index (χ4v) is 2.58. The zero-order valence-corrected chi connectivity index (χ0v) is 14.2. The maximum absolute atomic E-state index is 5.95. The summed E-state index contributed by atoms with van der Waals surface area (Å²) in [6.07, 6.45) is 3.75. The molecule has 3 heteroatoms. The van der Waals surface area contributed by atoms with Crippen molar-refractivity contribution in [3.8, 4) is 17.1 Å². The number of unbranched alkanes of at least 4 members (excludes halogenated alkanes) is 1. The molecule has 3 nitrogen and oxygen atoms in total. The highest BCUT2D eigenvalue weighted by Gasteiger charge is 2.13. The van der Waals surface area contributed by atoms with Gasteiger partial charge in [-0.3, -0.25) is 0 Å². The Balaban J connectivity index is 2.07. The van der Waals surface area contributed by atoms with Gasteiger partial charge >= 0.3 is 0 Å². The van der Waals surface area contributed by atoms with Gasteiger partial charge in [-0.25, -0.2) is 9.97 Å². The second kappa shape index (κ2) is 7.26. The van der Waals surface area contributed by atoms with Gasteiger partial charge in [0.15, 0.2) is 0 Å². The van der Waals surface area contributed by atoms with Crippen LogP contribution in [0.5, 0.6) is 5.88 Å². The minimum atomic E-state index is 0.598. The van der Waals surface area contributed by atoms with Crippen LogP contribution in [-0.4, -0.2) is 16.6 Å². The lowest BCUT2D eigenvalue weighted by Gasteiger charge is -2.12. The van der Waals surface area contributed by atoms with Crippen molar-refractivity contribution in [2.45, 2.75) is 26.7 Å². The van der Waals surface area contributed by atoms with Crippen LogP contribution in [0.25, 0.3) is 22.3 Å². The topological polar surface area (TPSA) is 35.0 Å². The van der Waals surface area contributed by atoms with Crippen LogP contribution in [0.4, 0.5) is 0 Å². The number of hydrogen-bond acceptors (Lipinski definition) is 3. The molecule has 0 fully saturated rings. The molecule has 0 saturated carbocycles. The average Bonchev–Trinajstić information content (AvgIpc) is 2.60. The first-order chi connectivity index (χ1) is 11.7. The third kappa shape index (κ3) is 3.46. The summed E-state index contributed by atoms with van der Waals surface area (Å²) < 4.78 is 5.95. The number of nitrogens with zero attached hydrogens (tertiary/aromatic N) is 2. The molecule has 122 valence electrons. The molecule has 0 spiro atoms. The Hall–Kier alpha value is -2.68. The van der Waals surface area contributed by atoms with Crippen molar-refractivity contribution in [1.29, 1.82) is 0 Å². The predicted molar refractivity (Wildman–Crippen MR) is 99.4 cm³/mol. The van der Waals surface area contributed by atoms with Crippen LogP contribution in [0.3, 0.4) is 0 Å². The molecular weight excluding hydrogens is 296 g/mol. The molecule has 0 saturated heterocycles. The molecule has 0 aliphatic carbocycles. The van der Waals surface area contributed by atoms with Gasteiger partial charge in [0.05, 0.1) is 17.6 Å². The lowest BCUT2D eigenvalue weighted by Crippen LogP contribution is -2.03. The molecule has 0 radical (unpaired) electrons. The van der Waals surface area contributed by atoms with Gasteiger partial charge in [0.25, 0.3) is 0 Å². The van der Waals surface area contributed by atoms with Crippen molar-refractivity contribution in [2.24, 2.45) is 0 Å². The minimum Gasteiger partial charge on any atom is -0.476 e. The van der Waals surface area contributed by atoms with Crippen LogP contribution in [-0.2, 0) is 0 Å². The van der Waals surface area contributed by atoms with Crippen LogP contribution >= 0.6 is 0 Å². The molecule has 0 amide bonds. The smallest absolute Gasteiger partial charge is 0.241 e. The molecule has 3 aromatic rings. The molecule has 0 atom stereocenters. The largest absolute Gasteiger partial charge is 0.476 e. The average molecular weight is 318 g/mol. The number of benzene rings is 2. The summed E-state index contributed by atoms with van der Waals surface area (Å²) in [5.41, 5.74) is 6.01. The van der Waals surface area contributed by atoms with Crippen LogP contribution in [0.15, 0.2) is 55.1 Å². The van der Waals surface area contributed by atoms with E-state index in [0.717, 1.165) is 35.1 Å². The van der Waals surface area contributed by atoms with Crippen molar-refractivity contribution in [3.63, 3.8) is 0 Å². The SMILES string of the molecule is C=CCCCOc1nc2cc(C)c(C)cc2nc1-c1ccccc1. The Morgan fingerprint density at radius 2 is 1.67 bits per heavy atom. The van der Waals surface area contributed by atoms with E-state index in [-0.39, 0.29) is 0 Å². The Morgan fingerprint density at radius 1 is 1.00 bits per heavy atom. The van der Waals surface area contributed by atoms with E-state index in [9.17, 15) is 0 Å². The van der Waals surface area contributed by atoms with Crippen molar-refractivity contribution in [1.82, 2.24) is 9.97 Å². The van der Waals surface area contributed by atoms with Crippen LogP contribution in [0.2, 0.25) is 0 Å². The van der Waals surface area contributed by atoms with Gasteiger partial charge in [-0.05, 0) is 49.9 Å². The standard InChI is InChI=1S/C21H22N2O/c1-4-5-9-12-24-21-20(17-10-7-6-8-11-17)22-18-13-15(2)16(3)14-19(18)23-21/h4,6-8,10-11,13-14H,1,5,9,12H2,2-3H3. The van der Waals surface area contributed by atoms with Gasteiger partial charge in [0.2, 0.25) is 5.88 Å². The minimum absolute atomic E-state index is 0.598. The van der Waals surface area contributed by atoms with E-state index in [4.69, 9.17) is 14.7 Å². The lowest BCUT2D eigenvalue weighted by molar-refractivity contribution is 0.302. The summed E-state index contributed by atoms with van der Waals surface area (Å²) in [7, 11) is 0. The quantitative estimate of drug-likeness (QED) is 0.459. The maximum Gasteiger partial charge on any atom is 0.241 e. The Labute approximate surface area is 143 Å². The number of allylic oxidation sites excluding steroid dienone is 1. The molecule has 0 N–H and O–H groups in total. The first-order valence-corrected chi connectivity index (χ1v) is 8.27. The number of fused-ring (bicyclic) bond motifs is 1. The molecular formula is C21H22N2O. The fourth-order valence-electron chi connectivity index (χ4n) is 2.58. The fraction of sp³-hybridized carbons (Fsp3) is 0.238. The monoisotopic (exact) mass is 318 g/mol. The Kier molecular flexibility index (Phi) is 4.90. The van der Waals surface area contributed by atoms with Gasteiger partial charge in [0, 0.05) is 5.56 Å². The molecule has 1 aromatic heterocycles. The molecule has 3 rings (SSSR count). The predicted octanol–water partition coefficient (Wildman–Crippen LogP) is 5.26. The molecule has 1 heterocycles. The number of rotatable bonds is 6. The Bertz CT molecular complexity index is 857. The van der Waals surface area contributed by atoms with Crippen LogP contribution < -0.4 is 4.74 Å². The summed E-state index contributed by atoms with van der Waals surface area (Å²) in [5.74, 6) is 0.598. The maximum atomic E-state index is 5.95. The summed E-state index contributed by atoms with van der Waals surface area (Å²) in [5, 5.41) is 0. The van der Waals surface area contributed by atoms with Gasteiger partial charge in [0.1, 0.15) is 5.69 Å². The van der Waals surface area contributed by atoms with E-state index in [0.29, 0.717) is 12.5 Å². The number of hydrogen-bond donors (Lipinski definition) is 0. The van der Waals surface area contributed by atoms with E-state index >= 15 is 0 Å². The van der Waals surface area contributed by atoms with Gasteiger partial charge in [-0.1, -0.05) is 36.4 Å². The van der Waals surface area contributed by atoms with Gasteiger partial charge in [-0.2, -0.15) is 0 Å². The summed E-state index contributed by atoms with van der Waals surface area (Å²) >= 11 is 0. The highest BCUT2D eigenvalue weighted by molar-refractivity contribution is 5.81. The first-order valence-electron chi connectivity index (χ1n) is 8.27. The zero-order chi connectivity index (χ0) is 16.9. The second-order valence-electron chi connectivity index (χ2n) is 5.95. The molecule has 0 unspecified atom stereocenters. The highest BCUT2D eigenvalue weighted by atomic mass is 16.5.